The summed E-state index contributed by atoms with van der Waals surface area (Å²) in [6.45, 7) is 8.24. The summed E-state index contributed by atoms with van der Waals surface area (Å²) < 4.78 is 0. The van der Waals surface area contributed by atoms with E-state index in [-0.39, 0.29) is 5.41 Å². The van der Waals surface area contributed by atoms with E-state index in [1.165, 1.54) is 0 Å². The van der Waals surface area contributed by atoms with Crippen LogP contribution in [0.4, 0.5) is 0 Å². The van der Waals surface area contributed by atoms with Crippen molar-refractivity contribution in [2.24, 2.45) is 5.41 Å². The maximum Gasteiger partial charge on any atom is 0.0365 e. The van der Waals surface area contributed by atoms with Gasteiger partial charge < -0.3 is 5.43 Å². The summed E-state index contributed by atoms with van der Waals surface area (Å²) in [5.41, 5.74) is 4.23. The highest BCUT2D eigenvalue weighted by Crippen LogP contribution is 2.29. The molecule has 1 N–H and O–H groups in total. The van der Waals surface area contributed by atoms with Crippen molar-refractivity contribution in [1.82, 2.24) is 10.4 Å². The first-order valence-electron chi connectivity index (χ1n) is 3.41. The number of hydrazine groups is 1. The normalized spacial score (nSPS) is 22.7. The Morgan fingerprint density at radius 3 is 2.60 bits per heavy atom. The van der Waals surface area contributed by atoms with Crippen LogP contribution in [0.3, 0.4) is 0 Å². The third-order valence-corrected chi connectivity index (χ3v) is 1.92. The first-order chi connectivity index (χ1) is 4.54. The summed E-state index contributed by atoms with van der Waals surface area (Å²) in [6, 6.07) is 0. The van der Waals surface area contributed by atoms with Gasteiger partial charge in [0.05, 0.1) is 0 Å². The standard InChI is InChI=1S/C8H14N2/c1-7-8(2,3)5-6-9-10(7)4/h5-6,9H,1H2,2-4H3. The Kier molecular flexibility index (Phi) is 1.47. The van der Waals surface area contributed by atoms with E-state index in [0.29, 0.717) is 0 Å². The number of nitrogens with zero attached hydrogens (tertiary/aromatic N) is 1. The van der Waals surface area contributed by atoms with Crippen molar-refractivity contribution in [1.29, 1.82) is 0 Å². The van der Waals surface area contributed by atoms with E-state index in [1.54, 1.807) is 0 Å². The van der Waals surface area contributed by atoms with Gasteiger partial charge in [-0.25, -0.2) is 0 Å². The zero-order valence-corrected chi connectivity index (χ0v) is 6.81. The predicted molar refractivity (Wildman–Crippen MR) is 43.0 cm³/mol. The number of hydrogen-bond donors (Lipinski definition) is 1. The van der Waals surface area contributed by atoms with E-state index < -0.39 is 0 Å². The van der Waals surface area contributed by atoms with Gasteiger partial charge in [-0.05, 0) is 0 Å². The van der Waals surface area contributed by atoms with Crippen molar-refractivity contribution < 1.29 is 0 Å². The fourth-order valence-electron chi connectivity index (χ4n) is 0.964. The quantitative estimate of drug-likeness (QED) is 0.545. The number of nitrogens with one attached hydrogen (secondary N) is 1. The van der Waals surface area contributed by atoms with Crippen molar-refractivity contribution in [3.8, 4) is 0 Å². The molecule has 1 aliphatic heterocycles. The minimum Gasteiger partial charge on any atom is -0.307 e. The Bertz CT molecular complexity index is 180. The Morgan fingerprint density at radius 1 is 1.60 bits per heavy atom. The van der Waals surface area contributed by atoms with Crippen molar-refractivity contribution in [3.63, 3.8) is 0 Å². The molecule has 0 aromatic rings. The lowest BCUT2D eigenvalue weighted by molar-refractivity contribution is 0.267. The Labute approximate surface area is 62.2 Å². The maximum absolute atomic E-state index is 3.96. The molecule has 1 aliphatic rings. The summed E-state index contributed by atoms with van der Waals surface area (Å²) in [6.07, 6.45) is 4.05. The Balaban J connectivity index is 2.87. The summed E-state index contributed by atoms with van der Waals surface area (Å²) in [4.78, 5) is 0. The molecule has 2 heteroatoms. The second-order valence-electron chi connectivity index (χ2n) is 3.19. The molecule has 0 unspecified atom stereocenters. The van der Waals surface area contributed by atoms with Gasteiger partial charge in [0.25, 0.3) is 0 Å². The van der Waals surface area contributed by atoms with Crippen LogP contribution in [0.5, 0.6) is 0 Å². The van der Waals surface area contributed by atoms with Gasteiger partial charge in [-0.2, -0.15) is 0 Å². The van der Waals surface area contributed by atoms with E-state index in [1.807, 2.05) is 18.3 Å². The minimum absolute atomic E-state index is 0.0972. The third-order valence-electron chi connectivity index (χ3n) is 1.92. The molecule has 0 amide bonds. The average Bonchev–Trinajstić information content (AvgIpc) is 1.83. The molecule has 0 aromatic heterocycles. The van der Waals surface area contributed by atoms with Gasteiger partial charge in [-0.3, -0.25) is 5.01 Å². The summed E-state index contributed by atoms with van der Waals surface area (Å²) in [7, 11) is 1.97. The van der Waals surface area contributed by atoms with Crippen molar-refractivity contribution >= 4 is 0 Å². The van der Waals surface area contributed by atoms with Gasteiger partial charge in [0, 0.05) is 24.4 Å². The third kappa shape index (κ3) is 1.01. The molecule has 0 atom stereocenters. The Hall–Kier alpha value is -0.920. The maximum atomic E-state index is 3.96. The van der Waals surface area contributed by atoms with Crippen LogP contribution in [-0.4, -0.2) is 12.1 Å². The SMILES string of the molecule is C=C1N(C)NC=CC1(C)C. The van der Waals surface area contributed by atoms with Crippen LogP contribution in [0.2, 0.25) is 0 Å². The monoisotopic (exact) mass is 138 g/mol. The Morgan fingerprint density at radius 2 is 2.20 bits per heavy atom. The van der Waals surface area contributed by atoms with Crippen LogP contribution >= 0.6 is 0 Å². The molecule has 56 valence electrons. The largest absolute Gasteiger partial charge is 0.307 e. The molecule has 0 saturated carbocycles. The predicted octanol–water partition coefficient (Wildman–Crippen LogP) is 1.49. The molecule has 0 fully saturated rings. The van der Waals surface area contributed by atoms with Crippen molar-refractivity contribution in [3.05, 3.63) is 24.6 Å². The zero-order valence-electron chi connectivity index (χ0n) is 6.81. The van der Waals surface area contributed by atoms with E-state index in [0.717, 1.165) is 5.70 Å². The first kappa shape index (κ1) is 7.19. The van der Waals surface area contributed by atoms with Gasteiger partial charge in [0.15, 0.2) is 0 Å². The molecule has 1 heterocycles. The first-order valence-corrected chi connectivity index (χ1v) is 3.41. The molecular weight excluding hydrogens is 124 g/mol. The molecule has 0 bridgehead atoms. The minimum atomic E-state index is 0.0972. The molecule has 0 saturated heterocycles. The van der Waals surface area contributed by atoms with Gasteiger partial charge in [-0.1, -0.05) is 26.5 Å². The van der Waals surface area contributed by atoms with Gasteiger partial charge >= 0.3 is 0 Å². The second-order valence-corrected chi connectivity index (χ2v) is 3.19. The van der Waals surface area contributed by atoms with Crippen LogP contribution in [0.1, 0.15) is 13.8 Å². The number of hydrogen-bond acceptors (Lipinski definition) is 2. The highest BCUT2D eigenvalue weighted by atomic mass is 15.5. The lowest BCUT2D eigenvalue weighted by atomic mass is 9.89. The fraction of sp³-hybridized carbons (Fsp3) is 0.500. The second kappa shape index (κ2) is 2.04. The lowest BCUT2D eigenvalue weighted by Gasteiger charge is -2.35. The average molecular weight is 138 g/mol. The molecule has 10 heavy (non-hydrogen) atoms. The van der Waals surface area contributed by atoms with Crippen LogP contribution in [0.25, 0.3) is 0 Å². The van der Waals surface area contributed by atoms with Crippen molar-refractivity contribution in [2.45, 2.75) is 13.8 Å². The topological polar surface area (TPSA) is 15.3 Å². The summed E-state index contributed by atoms with van der Waals surface area (Å²) in [5.74, 6) is 0. The van der Waals surface area contributed by atoms with Crippen LogP contribution in [0.15, 0.2) is 24.6 Å². The summed E-state index contributed by atoms with van der Waals surface area (Å²) in [5, 5.41) is 1.93. The summed E-state index contributed by atoms with van der Waals surface area (Å²) >= 11 is 0. The molecule has 0 radical (unpaired) electrons. The number of allylic oxidation sites excluding steroid dienone is 1. The molecule has 1 rings (SSSR count). The smallest absolute Gasteiger partial charge is 0.0365 e. The van der Waals surface area contributed by atoms with E-state index in [2.05, 4.69) is 31.9 Å². The van der Waals surface area contributed by atoms with E-state index in [9.17, 15) is 0 Å². The van der Waals surface area contributed by atoms with E-state index >= 15 is 0 Å². The van der Waals surface area contributed by atoms with Gasteiger partial charge in [0.1, 0.15) is 0 Å². The zero-order chi connectivity index (χ0) is 7.78. The van der Waals surface area contributed by atoms with Crippen molar-refractivity contribution in [2.75, 3.05) is 7.05 Å². The van der Waals surface area contributed by atoms with Crippen LogP contribution in [-0.2, 0) is 0 Å². The number of rotatable bonds is 0. The molecular formula is C8H14N2. The molecule has 0 aliphatic carbocycles. The van der Waals surface area contributed by atoms with Crippen LogP contribution in [0, 0.1) is 5.41 Å². The van der Waals surface area contributed by atoms with Crippen LogP contribution < -0.4 is 5.43 Å². The highest BCUT2D eigenvalue weighted by Gasteiger charge is 2.23. The van der Waals surface area contributed by atoms with Gasteiger partial charge in [0.2, 0.25) is 0 Å². The fourth-order valence-corrected chi connectivity index (χ4v) is 0.964. The highest BCUT2D eigenvalue weighted by molar-refractivity contribution is 5.17. The molecule has 0 spiro atoms. The molecule has 2 nitrogen and oxygen atoms in total. The van der Waals surface area contributed by atoms with E-state index in [4.69, 9.17) is 0 Å². The van der Waals surface area contributed by atoms with Gasteiger partial charge in [-0.15, -0.1) is 0 Å². The molecule has 0 aromatic carbocycles. The lowest BCUT2D eigenvalue weighted by Crippen LogP contribution is -2.38.